The topological polar surface area (TPSA) is 76.7 Å². The van der Waals surface area contributed by atoms with E-state index in [9.17, 15) is 4.79 Å². The SMILES string of the molecule is CC(C)(C)Cc1n[nH]c(=S)n(N)c1=O. The highest BCUT2D eigenvalue weighted by Gasteiger charge is 2.16. The number of aromatic nitrogens is 3. The molecule has 0 saturated carbocycles. The van der Waals surface area contributed by atoms with E-state index in [1.54, 1.807) is 0 Å². The number of nitrogens with one attached hydrogen (secondary N) is 1. The number of nitrogen functional groups attached to an aromatic ring is 1. The smallest absolute Gasteiger partial charge is 0.294 e. The van der Waals surface area contributed by atoms with Crippen molar-refractivity contribution in [1.82, 2.24) is 14.9 Å². The van der Waals surface area contributed by atoms with Crippen LogP contribution in [0.15, 0.2) is 4.79 Å². The van der Waals surface area contributed by atoms with E-state index < -0.39 is 0 Å². The van der Waals surface area contributed by atoms with Gasteiger partial charge in [0.2, 0.25) is 4.77 Å². The van der Waals surface area contributed by atoms with Crippen LogP contribution in [0.4, 0.5) is 0 Å². The van der Waals surface area contributed by atoms with Gasteiger partial charge in [-0.2, -0.15) is 9.77 Å². The monoisotopic (exact) mass is 214 g/mol. The first-order valence-corrected chi connectivity index (χ1v) is 4.68. The Bertz CT molecular complexity index is 440. The van der Waals surface area contributed by atoms with E-state index in [4.69, 9.17) is 18.1 Å². The van der Waals surface area contributed by atoms with Crippen LogP contribution in [0.25, 0.3) is 0 Å². The summed E-state index contributed by atoms with van der Waals surface area (Å²) in [6.45, 7) is 6.07. The second-order valence-corrected chi connectivity index (χ2v) is 4.77. The third-order valence-corrected chi connectivity index (χ3v) is 1.96. The predicted molar refractivity (Wildman–Crippen MR) is 57.0 cm³/mol. The van der Waals surface area contributed by atoms with E-state index in [1.165, 1.54) is 0 Å². The number of nitrogens with two attached hydrogens (primary N) is 1. The van der Waals surface area contributed by atoms with Crippen molar-refractivity contribution in [3.63, 3.8) is 0 Å². The van der Waals surface area contributed by atoms with E-state index in [0.29, 0.717) is 12.1 Å². The van der Waals surface area contributed by atoms with Gasteiger partial charge in [-0.15, -0.1) is 0 Å². The molecule has 0 saturated heterocycles. The first kappa shape index (κ1) is 10.9. The highest BCUT2D eigenvalue weighted by Crippen LogP contribution is 2.16. The van der Waals surface area contributed by atoms with Crippen LogP contribution < -0.4 is 11.4 Å². The molecule has 0 unspecified atom stereocenters. The molecule has 3 N–H and O–H groups in total. The van der Waals surface area contributed by atoms with Crippen molar-refractivity contribution in [3.05, 3.63) is 20.8 Å². The average molecular weight is 214 g/mol. The fourth-order valence-corrected chi connectivity index (χ4v) is 1.19. The molecule has 6 heteroatoms. The second-order valence-electron chi connectivity index (χ2n) is 4.39. The third-order valence-electron chi connectivity index (χ3n) is 1.67. The van der Waals surface area contributed by atoms with E-state index in [1.807, 2.05) is 20.8 Å². The molecule has 0 spiro atoms. The molecule has 0 aliphatic carbocycles. The van der Waals surface area contributed by atoms with Crippen LogP contribution in [0.5, 0.6) is 0 Å². The van der Waals surface area contributed by atoms with Gasteiger partial charge in [0.15, 0.2) is 0 Å². The zero-order valence-corrected chi connectivity index (χ0v) is 9.31. The minimum absolute atomic E-state index is 0.00400. The first-order valence-electron chi connectivity index (χ1n) is 4.27. The van der Waals surface area contributed by atoms with Gasteiger partial charge in [-0.3, -0.25) is 9.89 Å². The van der Waals surface area contributed by atoms with Gasteiger partial charge in [0.25, 0.3) is 5.56 Å². The van der Waals surface area contributed by atoms with Gasteiger partial charge in [0, 0.05) is 6.42 Å². The quantitative estimate of drug-likeness (QED) is 0.530. The van der Waals surface area contributed by atoms with Crippen molar-refractivity contribution < 1.29 is 0 Å². The third kappa shape index (κ3) is 2.41. The summed E-state index contributed by atoms with van der Waals surface area (Å²) in [4.78, 5) is 11.6. The lowest BCUT2D eigenvalue weighted by molar-refractivity contribution is 0.400. The highest BCUT2D eigenvalue weighted by molar-refractivity contribution is 7.71. The Morgan fingerprint density at radius 3 is 2.64 bits per heavy atom. The number of hydrogen-bond acceptors (Lipinski definition) is 4. The van der Waals surface area contributed by atoms with E-state index in [-0.39, 0.29) is 15.7 Å². The number of aromatic amines is 1. The summed E-state index contributed by atoms with van der Waals surface area (Å²) >= 11 is 4.76. The lowest BCUT2D eigenvalue weighted by Crippen LogP contribution is -2.34. The molecule has 0 bridgehead atoms. The molecule has 1 rings (SSSR count). The summed E-state index contributed by atoms with van der Waals surface area (Å²) in [7, 11) is 0. The van der Waals surface area contributed by atoms with Crippen molar-refractivity contribution in [1.29, 1.82) is 0 Å². The van der Waals surface area contributed by atoms with Crippen molar-refractivity contribution in [3.8, 4) is 0 Å². The molecular formula is C8H14N4OS. The summed E-state index contributed by atoms with van der Waals surface area (Å²) < 4.78 is 1.04. The van der Waals surface area contributed by atoms with E-state index in [2.05, 4.69) is 10.2 Å². The standard InChI is InChI=1S/C8H14N4OS/c1-8(2,3)4-5-6(13)12(9)7(14)11-10-5/h4,9H2,1-3H3,(H,11,14). The largest absolute Gasteiger partial charge is 0.334 e. The molecule has 0 fully saturated rings. The second kappa shape index (κ2) is 3.53. The molecule has 0 aliphatic rings. The fourth-order valence-electron chi connectivity index (χ4n) is 1.07. The Labute approximate surface area is 86.9 Å². The summed E-state index contributed by atoms with van der Waals surface area (Å²) in [5, 5.41) is 6.42. The van der Waals surface area contributed by atoms with Gasteiger partial charge >= 0.3 is 0 Å². The fraction of sp³-hybridized carbons (Fsp3) is 0.625. The van der Waals surface area contributed by atoms with Gasteiger partial charge in [0.1, 0.15) is 5.69 Å². The molecule has 1 heterocycles. The Morgan fingerprint density at radius 2 is 2.14 bits per heavy atom. The Hall–Kier alpha value is -1.17. The van der Waals surface area contributed by atoms with Gasteiger partial charge in [0.05, 0.1) is 0 Å². The number of hydrogen-bond donors (Lipinski definition) is 2. The predicted octanol–water partition coefficient (Wildman–Crippen LogP) is 0.603. The molecule has 1 aromatic heterocycles. The van der Waals surface area contributed by atoms with Crippen molar-refractivity contribution >= 4 is 12.2 Å². The number of H-pyrrole nitrogens is 1. The molecule has 0 atom stereocenters. The Kier molecular flexibility index (Phi) is 2.75. The molecule has 5 nitrogen and oxygen atoms in total. The minimum atomic E-state index is -0.330. The average Bonchev–Trinajstić information content (AvgIpc) is 2.04. The zero-order valence-electron chi connectivity index (χ0n) is 8.50. The van der Waals surface area contributed by atoms with Crippen LogP contribution in [0.1, 0.15) is 26.5 Å². The van der Waals surface area contributed by atoms with E-state index >= 15 is 0 Å². The normalized spacial score (nSPS) is 11.6. The zero-order chi connectivity index (χ0) is 10.9. The van der Waals surface area contributed by atoms with Crippen LogP contribution in [-0.4, -0.2) is 14.9 Å². The Balaban J connectivity index is 3.20. The maximum absolute atomic E-state index is 11.6. The molecule has 14 heavy (non-hydrogen) atoms. The molecular weight excluding hydrogens is 200 g/mol. The molecule has 0 amide bonds. The lowest BCUT2D eigenvalue weighted by Gasteiger charge is -2.16. The van der Waals surface area contributed by atoms with Crippen LogP contribution in [0.2, 0.25) is 0 Å². The Morgan fingerprint density at radius 1 is 1.57 bits per heavy atom. The molecule has 1 aromatic rings. The van der Waals surface area contributed by atoms with Crippen molar-refractivity contribution in [2.24, 2.45) is 5.41 Å². The van der Waals surface area contributed by atoms with Crippen molar-refractivity contribution in [2.75, 3.05) is 5.84 Å². The van der Waals surface area contributed by atoms with Gasteiger partial charge < -0.3 is 5.84 Å². The maximum atomic E-state index is 11.6. The van der Waals surface area contributed by atoms with Gasteiger partial charge in [-0.25, -0.2) is 0 Å². The van der Waals surface area contributed by atoms with Crippen LogP contribution in [0.3, 0.4) is 0 Å². The molecule has 0 aromatic carbocycles. The summed E-state index contributed by atoms with van der Waals surface area (Å²) in [5.74, 6) is 5.43. The summed E-state index contributed by atoms with van der Waals surface area (Å²) in [5.41, 5.74) is 0.0768. The van der Waals surface area contributed by atoms with Crippen LogP contribution in [-0.2, 0) is 6.42 Å². The highest BCUT2D eigenvalue weighted by atomic mass is 32.1. The van der Waals surface area contributed by atoms with Crippen LogP contribution >= 0.6 is 12.2 Å². The molecule has 78 valence electrons. The summed E-state index contributed by atoms with van der Waals surface area (Å²) in [6, 6.07) is 0. The molecule has 0 aliphatic heterocycles. The van der Waals surface area contributed by atoms with E-state index in [0.717, 1.165) is 4.68 Å². The van der Waals surface area contributed by atoms with Gasteiger partial charge in [-0.05, 0) is 17.6 Å². The van der Waals surface area contributed by atoms with Crippen LogP contribution in [0, 0.1) is 10.2 Å². The number of nitrogens with zero attached hydrogens (tertiary/aromatic N) is 2. The van der Waals surface area contributed by atoms with Crippen molar-refractivity contribution in [2.45, 2.75) is 27.2 Å². The first-order chi connectivity index (χ1) is 6.31. The summed E-state index contributed by atoms with van der Waals surface area (Å²) in [6.07, 6.45) is 0.565. The molecule has 0 radical (unpaired) electrons. The minimum Gasteiger partial charge on any atom is -0.334 e. The number of rotatable bonds is 1. The lowest BCUT2D eigenvalue weighted by atomic mass is 9.91. The van der Waals surface area contributed by atoms with Gasteiger partial charge in [-0.1, -0.05) is 20.8 Å². The maximum Gasteiger partial charge on any atom is 0.294 e.